The van der Waals surface area contributed by atoms with Gasteiger partial charge in [0.1, 0.15) is 4.83 Å². The number of hydrogen-bond donors (Lipinski definition) is 0. The van der Waals surface area contributed by atoms with Crippen molar-refractivity contribution in [3.63, 3.8) is 0 Å². The molecule has 0 aliphatic carbocycles. The van der Waals surface area contributed by atoms with Gasteiger partial charge in [0.15, 0.2) is 5.82 Å². The van der Waals surface area contributed by atoms with E-state index >= 15 is 0 Å². The molecule has 0 radical (unpaired) electrons. The Morgan fingerprint density at radius 2 is 0.964 bits per heavy atom. The molecule has 2 heterocycles. The van der Waals surface area contributed by atoms with Crippen molar-refractivity contribution in [2.75, 3.05) is 0 Å². The van der Waals surface area contributed by atoms with Crippen molar-refractivity contribution < 1.29 is 0 Å². The Balaban J connectivity index is 1.31. The molecule has 9 aromatic rings. The highest BCUT2D eigenvalue weighted by Gasteiger charge is 2.18. The van der Waals surface area contributed by atoms with Gasteiger partial charge in [-0.05, 0) is 104 Å². The predicted molar refractivity (Wildman–Crippen MR) is 236 cm³/mol. The van der Waals surface area contributed by atoms with Crippen LogP contribution in [0.2, 0.25) is 0 Å². The van der Waals surface area contributed by atoms with Gasteiger partial charge in [-0.1, -0.05) is 159 Å². The number of thiophene rings is 1. The van der Waals surface area contributed by atoms with Gasteiger partial charge in [0.05, 0.1) is 5.69 Å². The van der Waals surface area contributed by atoms with Crippen LogP contribution in [0.1, 0.15) is 5.56 Å². The summed E-state index contributed by atoms with van der Waals surface area (Å²) in [6, 6.07) is 62.5. The third-order valence-corrected chi connectivity index (χ3v) is 11.1. The minimum Gasteiger partial charge on any atom is -0.227 e. The largest absolute Gasteiger partial charge is 0.227 e. The Hall–Kier alpha value is -6.94. The minimum atomic E-state index is 0.693. The summed E-state index contributed by atoms with van der Waals surface area (Å²) in [5.74, 6) is 0.693. The van der Waals surface area contributed by atoms with Gasteiger partial charge >= 0.3 is 0 Å². The average molecular weight is 721 g/mol. The van der Waals surface area contributed by atoms with Crippen molar-refractivity contribution in [3.05, 3.63) is 213 Å². The smallest absolute Gasteiger partial charge is 0.161 e. The molecular formula is C52H36N2S. The molecule has 0 saturated carbocycles. The van der Waals surface area contributed by atoms with Crippen molar-refractivity contribution in [2.24, 2.45) is 0 Å². The number of benzene rings is 7. The van der Waals surface area contributed by atoms with Crippen LogP contribution in [0.5, 0.6) is 0 Å². The fourth-order valence-corrected chi connectivity index (χ4v) is 8.40. The molecule has 2 nitrogen and oxygen atoms in total. The maximum atomic E-state index is 5.41. The SMILES string of the molecule is C=C/C=C(\C=C)c1cccc(-c2cc(-c3cc(-c4ccccc4)cc(-c4ccccc4)c3)cc(-c3nc(-c4ccccc4)c4c(n3)sc3ccccc34)c2)c1. The first-order chi connectivity index (χ1) is 27.1. The molecule has 55 heavy (non-hydrogen) atoms. The van der Waals surface area contributed by atoms with E-state index in [9.17, 15) is 0 Å². The fraction of sp³-hybridized carbons (Fsp3) is 0. The van der Waals surface area contributed by atoms with Crippen molar-refractivity contribution in [3.8, 4) is 67.2 Å². The summed E-state index contributed by atoms with van der Waals surface area (Å²) in [5, 5.41) is 2.27. The van der Waals surface area contributed by atoms with Crippen LogP contribution < -0.4 is 0 Å². The van der Waals surface area contributed by atoms with Crippen LogP contribution in [0.3, 0.4) is 0 Å². The lowest BCUT2D eigenvalue weighted by molar-refractivity contribution is 1.24. The zero-order chi connectivity index (χ0) is 37.1. The summed E-state index contributed by atoms with van der Waals surface area (Å²) < 4.78 is 1.20. The topological polar surface area (TPSA) is 25.8 Å². The Bertz CT molecular complexity index is 2830. The highest BCUT2D eigenvalue weighted by molar-refractivity contribution is 7.25. The van der Waals surface area contributed by atoms with Crippen molar-refractivity contribution >= 4 is 37.2 Å². The molecule has 0 atom stereocenters. The molecule has 7 aromatic carbocycles. The van der Waals surface area contributed by atoms with Gasteiger partial charge in [-0.2, -0.15) is 0 Å². The summed E-state index contributed by atoms with van der Waals surface area (Å²) in [6.45, 7) is 8.00. The lowest BCUT2D eigenvalue weighted by Gasteiger charge is -2.15. The fourth-order valence-electron chi connectivity index (χ4n) is 7.32. The van der Waals surface area contributed by atoms with E-state index in [0.717, 1.165) is 71.6 Å². The van der Waals surface area contributed by atoms with E-state index in [1.165, 1.54) is 21.2 Å². The molecule has 0 spiro atoms. The summed E-state index contributed by atoms with van der Waals surface area (Å²) in [5.41, 5.74) is 14.1. The monoisotopic (exact) mass is 720 g/mol. The third kappa shape index (κ3) is 6.74. The molecule has 0 bridgehead atoms. The van der Waals surface area contributed by atoms with Crippen LogP contribution in [0.25, 0.3) is 93.0 Å². The van der Waals surface area contributed by atoms with E-state index in [0.29, 0.717) is 5.82 Å². The first-order valence-electron chi connectivity index (χ1n) is 18.4. The maximum absolute atomic E-state index is 5.41. The van der Waals surface area contributed by atoms with Gasteiger partial charge in [-0.15, -0.1) is 11.3 Å². The minimum absolute atomic E-state index is 0.693. The molecule has 0 N–H and O–H groups in total. The van der Waals surface area contributed by atoms with Crippen molar-refractivity contribution in [1.82, 2.24) is 9.97 Å². The first kappa shape index (κ1) is 33.9. The Morgan fingerprint density at radius 1 is 0.455 bits per heavy atom. The molecular weight excluding hydrogens is 685 g/mol. The highest BCUT2D eigenvalue weighted by atomic mass is 32.1. The van der Waals surface area contributed by atoms with E-state index in [2.05, 4.69) is 183 Å². The van der Waals surface area contributed by atoms with E-state index in [1.807, 2.05) is 18.2 Å². The molecule has 0 unspecified atom stereocenters. The number of hydrogen-bond acceptors (Lipinski definition) is 3. The summed E-state index contributed by atoms with van der Waals surface area (Å²) in [7, 11) is 0. The zero-order valence-corrected chi connectivity index (χ0v) is 31.0. The second kappa shape index (κ2) is 14.8. The summed E-state index contributed by atoms with van der Waals surface area (Å²) in [4.78, 5) is 11.7. The van der Waals surface area contributed by atoms with Gasteiger partial charge in [0, 0.05) is 26.6 Å². The molecule has 0 amide bonds. The molecule has 9 rings (SSSR count). The van der Waals surface area contributed by atoms with Crippen LogP contribution in [0.4, 0.5) is 0 Å². The number of aromatic nitrogens is 2. The van der Waals surface area contributed by atoms with E-state index in [4.69, 9.17) is 9.97 Å². The van der Waals surface area contributed by atoms with Gasteiger partial charge in [0.25, 0.3) is 0 Å². The molecule has 0 fully saturated rings. The quantitative estimate of drug-likeness (QED) is 0.139. The van der Waals surface area contributed by atoms with Crippen LogP contribution >= 0.6 is 11.3 Å². The molecule has 0 saturated heterocycles. The van der Waals surface area contributed by atoms with Crippen LogP contribution in [0, 0.1) is 0 Å². The van der Waals surface area contributed by atoms with Gasteiger partial charge in [0.2, 0.25) is 0 Å². The van der Waals surface area contributed by atoms with E-state index in [1.54, 1.807) is 17.4 Å². The normalized spacial score (nSPS) is 11.5. The lowest BCUT2D eigenvalue weighted by atomic mass is 9.90. The Morgan fingerprint density at radius 3 is 1.56 bits per heavy atom. The Kier molecular flexibility index (Phi) is 9.13. The van der Waals surface area contributed by atoms with Gasteiger partial charge in [-0.3, -0.25) is 0 Å². The van der Waals surface area contributed by atoms with Crippen LogP contribution in [-0.4, -0.2) is 9.97 Å². The van der Waals surface area contributed by atoms with Crippen LogP contribution in [-0.2, 0) is 0 Å². The number of rotatable bonds is 9. The number of allylic oxidation sites excluding steroid dienone is 4. The Labute approximate surface area is 325 Å². The molecule has 2 aromatic heterocycles. The third-order valence-electron chi connectivity index (χ3n) is 10.0. The average Bonchev–Trinajstić information content (AvgIpc) is 3.64. The zero-order valence-electron chi connectivity index (χ0n) is 30.2. The standard InChI is InChI=1S/C52H36N2S/c1-3-17-35(4-2)39-24-16-25-40(28-39)43-32-45(44-30-41(36-18-8-5-9-19-36)29-42(31-44)37-20-10-6-11-21-37)34-46(33-43)51-53-50(38-22-12-7-13-23-38)49-47-26-14-15-27-48(47)55-52(49)54-51/h3-34H,1-2H2/b35-17+. The second-order valence-corrected chi connectivity index (χ2v) is 14.5. The summed E-state index contributed by atoms with van der Waals surface area (Å²) in [6.07, 6.45) is 5.67. The second-order valence-electron chi connectivity index (χ2n) is 13.5. The van der Waals surface area contributed by atoms with Crippen LogP contribution in [0.15, 0.2) is 207 Å². The lowest BCUT2D eigenvalue weighted by Crippen LogP contribution is -1.95. The molecule has 0 aliphatic rings. The molecule has 3 heteroatoms. The maximum Gasteiger partial charge on any atom is 0.161 e. The predicted octanol–water partition coefficient (Wildman–Crippen LogP) is 14.6. The number of nitrogens with zero attached hydrogens (tertiary/aromatic N) is 2. The first-order valence-corrected chi connectivity index (χ1v) is 19.2. The van der Waals surface area contributed by atoms with E-state index in [-0.39, 0.29) is 0 Å². The highest BCUT2D eigenvalue weighted by Crippen LogP contribution is 2.41. The van der Waals surface area contributed by atoms with Gasteiger partial charge in [-0.25, -0.2) is 9.97 Å². The number of fused-ring (bicyclic) bond motifs is 3. The van der Waals surface area contributed by atoms with Crippen molar-refractivity contribution in [1.29, 1.82) is 0 Å². The summed E-state index contributed by atoms with van der Waals surface area (Å²) >= 11 is 1.72. The van der Waals surface area contributed by atoms with E-state index < -0.39 is 0 Å². The molecule has 260 valence electrons. The van der Waals surface area contributed by atoms with Crippen molar-refractivity contribution in [2.45, 2.75) is 0 Å². The molecule has 0 aliphatic heterocycles. The van der Waals surface area contributed by atoms with Gasteiger partial charge < -0.3 is 0 Å².